The second kappa shape index (κ2) is 7.71. The molecule has 156 valence electrons. The molecular weight excluding hydrogens is 370 g/mol. The minimum absolute atomic E-state index is 0.000270. The van der Waals surface area contributed by atoms with Crippen LogP contribution in [0, 0.1) is 11.8 Å². The Morgan fingerprint density at radius 1 is 1.10 bits per heavy atom. The second-order valence-electron chi connectivity index (χ2n) is 8.30. The van der Waals surface area contributed by atoms with E-state index in [2.05, 4.69) is 5.32 Å². The Morgan fingerprint density at radius 3 is 2.48 bits per heavy atom. The number of fused-ring (bicyclic) bond motifs is 2. The van der Waals surface area contributed by atoms with Crippen molar-refractivity contribution >= 4 is 22.7 Å². The van der Waals surface area contributed by atoms with Gasteiger partial charge in [0.1, 0.15) is 11.4 Å². The molecule has 1 saturated heterocycles. The van der Waals surface area contributed by atoms with Crippen LogP contribution in [0.5, 0.6) is 5.75 Å². The Morgan fingerprint density at radius 2 is 1.83 bits per heavy atom. The summed E-state index contributed by atoms with van der Waals surface area (Å²) >= 11 is 0. The number of aromatic nitrogens is 1. The van der Waals surface area contributed by atoms with Crippen LogP contribution in [0.25, 0.3) is 10.9 Å². The molecule has 0 bridgehead atoms. The Labute approximate surface area is 170 Å². The minimum atomic E-state index is -0.0349. The monoisotopic (exact) mass is 399 g/mol. The molecule has 1 N–H and O–H groups in total. The topological polar surface area (TPSA) is 72.8 Å². The first-order valence-electron chi connectivity index (χ1n) is 10.1. The lowest BCUT2D eigenvalue weighted by molar-refractivity contribution is -0.121. The number of carbonyl (C=O) groups is 2. The lowest BCUT2D eigenvalue weighted by Gasteiger charge is -2.37. The molecule has 0 radical (unpaired) electrons. The lowest BCUT2D eigenvalue weighted by atomic mass is 9.77. The van der Waals surface area contributed by atoms with E-state index in [9.17, 15) is 9.59 Å². The van der Waals surface area contributed by atoms with Crippen LogP contribution < -0.4 is 10.1 Å². The van der Waals surface area contributed by atoms with Crippen molar-refractivity contribution < 1.29 is 19.1 Å². The van der Waals surface area contributed by atoms with Crippen molar-refractivity contribution in [2.45, 2.75) is 31.9 Å². The summed E-state index contributed by atoms with van der Waals surface area (Å²) in [6.45, 7) is 3.00. The fourth-order valence-electron chi connectivity index (χ4n) is 5.07. The van der Waals surface area contributed by atoms with E-state index in [-0.39, 0.29) is 24.0 Å². The molecule has 4 atom stereocenters. The standard InChI is InChI=1S/C22H29N3O4/c1-13(26)23-18-8-15-11-25(12-16(15)10-21(18)29-4)22(27)20-9-14-7-17(28-3)5-6-19(14)24(20)2/h5-7,9,15-16,18,21H,8,10-12H2,1-4H3,(H,23,26)/t15-,16+,18-,21-/m1/s1. The van der Waals surface area contributed by atoms with Crippen LogP contribution in [0.2, 0.25) is 0 Å². The predicted octanol–water partition coefficient (Wildman–Crippen LogP) is 2.19. The van der Waals surface area contributed by atoms with Gasteiger partial charge < -0.3 is 24.3 Å². The largest absolute Gasteiger partial charge is 0.497 e. The fourth-order valence-corrected chi connectivity index (χ4v) is 5.07. The van der Waals surface area contributed by atoms with Gasteiger partial charge in [-0.25, -0.2) is 0 Å². The Balaban J connectivity index is 1.53. The summed E-state index contributed by atoms with van der Waals surface area (Å²) in [5.74, 6) is 1.60. The summed E-state index contributed by atoms with van der Waals surface area (Å²) in [5.41, 5.74) is 1.70. The number of carbonyl (C=O) groups excluding carboxylic acids is 2. The Kier molecular flexibility index (Phi) is 5.25. The van der Waals surface area contributed by atoms with Crippen molar-refractivity contribution in [3.63, 3.8) is 0 Å². The maximum absolute atomic E-state index is 13.3. The second-order valence-corrected chi connectivity index (χ2v) is 8.30. The highest BCUT2D eigenvalue weighted by Gasteiger charge is 2.44. The highest BCUT2D eigenvalue weighted by Crippen LogP contribution is 2.38. The van der Waals surface area contributed by atoms with Crippen LogP contribution in [0.1, 0.15) is 30.3 Å². The van der Waals surface area contributed by atoms with Gasteiger partial charge in [0.05, 0.1) is 19.3 Å². The van der Waals surface area contributed by atoms with Crippen LogP contribution in [-0.4, -0.2) is 60.7 Å². The first-order chi connectivity index (χ1) is 13.9. The van der Waals surface area contributed by atoms with Crippen LogP contribution in [-0.2, 0) is 16.6 Å². The number of likely N-dealkylation sites (tertiary alicyclic amines) is 1. The molecule has 2 fully saturated rings. The molecule has 0 unspecified atom stereocenters. The molecule has 1 aliphatic heterocycles. The molecule has 7 heteroatoms. The van der Waals surface area contributed by atoms with Gasteiger partial charge in [0.2, 0.25) is 5.91 Å². The fraction of sp³-hybridized carbons (Fsp3) is 0.545. The van der Waals surface area contributed by atoms with Gasteiger partial charge in [0, 0.05) is 45.1 Å². The first kappa shape index (κ1) is 19.8. The highest BCUT2D eigenvalue weighted by molar-refractivity contribution is 5.99. The zero-order valence-corrected chi connectivity index (χ0v) is 17.5. The van der Waals surface area contributed by atoms with E-state index >= 15 is 0 Å². The number of hydrogen-bond donors (Lipinski definition) is 1. The quantitative estimate of drug-likeness (QED) is 0.855. The zero-order chi connectivity index (χ0) is 20.7. The van der Waals surface area contributed by atoms with Gasteiger partial charge in [0.25, 0.3) is 5.91 Å². The summed E-state index contributed by atoms with van der Waals surface area (Å²) in [6.07, 6.45) is 1.71. The van der Waals surface area contributed by atoms with Crippen molar-refractivity contribution in [3.05, 3.63) is 30.0 Å². The van der Waals surface area contributed by atoms with Gasteiger partial charge in [-0.2, -0.15) is 0 Å². The summed E-state index contributed by atoms with van der Waals surface area (Å²) in [4.78, 5) is 26.8. The van der Waals surface area contributed by atoms with Crippen LogP contribution in [0.15, 0.2) is 24.3 Å². The molecule has 2 heterocycles. The molecule has 1 saturated carbocycles. The van der Waals surface area contributed by atoms with E-state index in [1.165, 1.54) is 0 Å². The van der Waals surface area contributed by atoms with Crippen LogP contribution >= 0.6 is 0 Å². The van der Waals surface area contributed by atoms with E-state index in [4.69, 9.17) is 9.47 Å². The van der Waals surface area contributed by atoms with Gasteiger partial charge in [-0.1, -0.05) is 0 Å². The smallest absolute Gasteiger partial charge is 0.270 e. The third kappa shape index (κ3) is 3.59. The Bertz CT molecular complexity index is 938. The molecule has 2 aliphatic rings. The van der Waals surface area contributed by atoms with Gasteiger partial charge in [0.15, 0.2) is 0 Å². The number of methoxy groups -OCH3 is 2. The molecule has 0 spiro atoms. The minimum Gasteiger partial charge on any atom is -0.497 e. The number of nitrogens with zero attached hydrogens (tertiary/aromatic N) is 2. The van der Waals surface area contributed by atoms with E-state index in [0.717, 1.165) is 42.6 Å². The molecule has 4 rings (SSSR count). The van der Waals surface area contributed by atoms with Crippen molar-refractivity contribution in [1.82, 2.24) is 14.8 Å². The molecule has 2 aromatic rings. The molecule has 2 amide bonds. The van der Waals surface area contributed by atoms with Gasteiger partial charge in [-0.05, 0) is 48.9 Å². The van der Waals surface area contributed by atoms with E-state index in [1.807, 2.05) is 40.8 Å². The number of benzene rings is 1. The Hall–Kier alpha value is -2.54. The van der Waals surface area contributed by atoms with Gasteiger partial charge in [-0.15, -0.1) is 0 Å². The SMILES string of the molecule is COc1ccc2c(c1)cc(C(=O)N1C[C@H]3C[C@@H](NC(C)=O)[C@H](OC)C[C@H]3C1)n2C. The third-order valence-electron chi connectivity index (χ3n) is 6.56. The number of nitrogens with one attached hydrogen (secondary N) is 1. The summed E-state index contributed by atoms with van der Waals surface area (Å²) in [6, 6.07) is 7.81. The van der Waals surface area contributed by atoms with Crippen molar-refractivity contribution in [3.8, 4) is 5.75 Å². The number of ether oxygens (including phenoxy) is 2. The van der Waals surface area contributed by atoms with E-state index in [1.54, 1.807) is 21.1 Å². The molecule has 29 heavy (non-hydrogen) atoms. The molecule has 1 aliphatic carbocycles. The maximum Gasteiger partial charge on any atom is 0.270 e. The van der Waals surface area contributed by atoms with Gasteiger partial charge >= 0.3 is 0 Å². The first-order valence-corrected chi connectivity index (χ1v) is 10.1. The third-order valence-corrected chi connectivity index (χ3v) is 6.56. The van der Waals surface area contributed by atoms with E-state index < -0.39 is 0 Å². The van der Waals surface area contributed by atoms with Crippen molar-refractivity contribution in [1.29, 1.82) is 0 Å². The normalized spacial score (nSPS) is 26.4. The zero-order valence-electron chi connectivity index (χ0n) is 17.5. The summed E-state index contributed by atoms with van der Waals surface area (Å²) in [7, 11) is 5.27. The molecule has 1 aromatic heterocycles. The molecular formula is C22H29N3O4. The average Bonchev–Trinajstić information content (AvgIpc) is 3.26. The maximum atomic E-state index is 13.3. The number of rotatable bonds is 4. The highest BCUT2D eigenvalue weighted by atomic mass is 16.5. The number of hydrogen-bond acceptors (Lipinski definition) is 4. The summed E-state index contributed by atoms with van der Waals surface area (Å²) < 4.78 is 12.9. The van der Waals surface area contributed by atoms with Gasteiger partial charge in [-0.3, -0.25) is 9.59 Å². The van der Waals surface area contributed by atoms with Crippen LogP contribution in [0.3, 0.4) is 0 Å². The lowest BCUT2D eigenvalue weighted by Crippen LogP contribution is -2.49. The van der Waals surface area contributed by atoms with Crippen molar-refractivity contribution in [2.75, 3.05) is 27.3 Å². The molecule has 7 nitrogen and oxygen atoms in total. The number of amides is 2. The van der Waals surface area contributed by atoms with Crippen LogP contribution in [0.4, 0.5) is 0 Å². The average molecular weight is 399 g/mol. The number of aryl methyl sites for hydroxylation is 1. The van der Waals surface area contributed by atoms with Crippen molar-refractivity contribution in [2.24, 2.45) is 18.9 Å². The van der Waals surface area contributed by atoms with E-state index in [0.29, 0.717) is 17.5 Å². The molecule has 1 aromatic carbocycles. The summed E-state index contributed by atoms with van der Waals surface area (Å²) in [5, 5.41) is 4.02. The predicted molar refractivity (Wildman–Crippen MR) is 110 cm³/mol.